The molecular weight excluding hydrogens is 611 g/mol. The minimum atomic E-state index is -1.44. The highest BCUT2D eigenvalue weighted by Gasteiger charge is 2.41. The maximum absolute atomic E-state index is 14.8. The molecular formula is C33H43FN6O5S. The number of thiophene rings is 1. The van der Waals surface area contributed by atoms with Gasteiger partial charge in [0.25, 0.3) is 5.56 Å². The third-order valence-corrected chi connectivity index (χ3v) is 10.5. The lowest BCUT2D eigenvalue weighted by Gasteiger charge is -2.37. The summed E-state index contributed by atoms with van der Waals surface area (Å²) in [7, 11) is 1.50. The molecule has 0 radical (unpaired) electrons. The van der Waals surface area contributed by atoms with Gasteiger partial charge in [0.05, 0.1) is 37.5 Å². The van der Waals surface area contributed by atoms with Gasteiger partial charge < -0.3 is 14.4 Å². The summed E-state index contributed by atoms with van der Waals surface area (Å²) < 4.78 is 29.6. The quantitative estimate of drug-likeness (QED) is 0.203. The number of piperidine rings is 1. The Morgan fingerprint density at radius 2 is 1.76 bits per heavy atom. The molecule has 4 heterocycles. The highest BCUT2D eigenvalue weighted by atomic mass is 32.1. The molecule has 1 amide bonds. The van der Waals surface area contributed by atoms with Crippen LogP contribution in [-0.4, -0.2) is 61.2 Å². The summed E-state index contributed by atoms with van der Waals surface area (Å²) >= 11 is 1.21. The van der Waals surface area contributed by atoms with Crippen molar-refractivity contribution in [3.8, 4) is 10.8 Å². The van der Waals surface area contributed by atoms with Crippen molar-refractivity contribution in [2.45, 2.75) is 97.4 Å². The highest BCUT2D eigenvalue weighted by molar-refractivity contribution is 7.21. The monoisotopic (exact) mass is 654 g/mol. The largest absolute Gasteiger partial charge is 0.496 e. The topological polar surface area (TPSA) is 113 Å². The third kappa shape index (κ3) is 6.02. The maximum atomic E-state index is 14.8. The molecule has 1 aliphatic rings. The van der Waals surface area contributed by atoms with Crippen LogP contribution in [-0.2, 0) is 21.6 Å². The van der Waals surface area contributed by atoms with Crippen LogP contribution in [0.1, 0.15) is 83.5 Å². The smallest absolute Gasteiger partial charge is 0.333 e. The second kappa shape index (κ2) is 13.9. The Morgan fingerprint density at radius 3 is 2.37 bits per heavy atom. The molecule has 1 aromatic carbocycles. The zero-order chi connectivity index (χ0) is 33.2. The summed E-state index contributed by atoms with van der Waals surface area (Å²) in [5, 5.41) is 9.43. The Bertz CT molecular complexity index is 1810. The number of aryl methyl sites for hydroxylation is 1. The van der Waals surface area contributed by atoms with E-state index in [4.69, 9.17) is 9.47 Å². The first-order valence-corrected chi connectivity index (χ1v) is 16.8. The lowest BCUT2D eigenvalue weighted by molar-refractivity contribution is -0.141. The lowest BCUT2D eigenvalue weighted by Crippen LogP contribution is -2.58. The number of hydrogen-bond acceptors (Lipinski definition) is 8. The van der Waals surface area contributed by atoms with Crippen LogP contribution < -0.4 is 16.0 Å². The van der Waals surface area contributed by atoms with E-state index in [1.165, 1.54) is 58.4 Å². The summed E-state index contributed by atoms with van der Waals surface area (Å²) in [4.78, 5) is 47.1. The number of carbonyl (C=O) groups excluding carboxylic acids is 1. The Hall–Kier alpha value is -3.84. The molecule has 5 rings (SSSR count). The van der Waals surface area contributed by atoms with Crippen LogP contribution in [0.2, 0.25) is 0 Å². The summed E-state index contributed by atoms with van der Waals surface area (Å²) in [6.45, 7) is 10.4. The van der Waals surface area contributed by atoms with Crippen molar-refractivity contribution in [3.63, 3.8) is 0 Å². The van der Waals surface area contributed by atoms with Crippen molar-refractivity contribution < 1.29 is 18.7 Å². The number of likely N-dealkylation sites (tertiary alicyclic amines) is 1. The van der Waals surface area contributed by atoms with E-state index in [1.807, 2.05) is 20.8 Å². The number of benzene rings is 1. The zero-order valence-corrected chi connectivity index (χ0v) is 28.2. The van der Waals surface area contributed by atoms with E-state index >= 15 is 0 Å². The average molecular weight is 655 g/mol. The molecule has 2 atom stereocenters. The normalized spacial score (nSPS) is 15.8. The van der Waals surface area contributed by atoms with Gasteiger partial charge in [0.1, 0.15) is 33.0 Å². The zero-order valence-electron chi connectivity index (χ0n) is 27.4. The van der Waals surface area contributed by atoms with Crippen molar-refractivity contribution >= 4 is 27.5 Å². The van der Waals surface area contributed by atoms with E-state index in [0.29, 0.717) is 58.0 Å². The van der Waals surface area contributed by atoms with E-state index in [9.17, 15) is 18.8 Å². The number of aromatic nitrogens is 5. The molecule has 0 bridgehead atoms. The van der Waals surface area contributed by atoms with Gasteiger partial charge in [-0.1, -0.05) is 32.1 Å². The molecule has 3 aromatic heterocycles. The first-order valence-electron chi connectivity index (χ1n) is 16.0. The molecule has 11 nitrogen and oxygen atoms in total. The van der Waals surface area contributed by atoms with Gasteiger partial charge in [0, 0.05) is 24.2 Å². The van der Waals surface area contributed by atoms with Gasteiger partial charge in [0.15, 0.2) is 0 Å². The fourth-order valence-corrected chi connectivity index (χ4v) is 7.56. The molecule has 1 fully saturated rings. The van der Waals surface area contributed by atoms with Gasteiger partial charge in [-0.2, -0.15) is 10.2 Å². The maximum Gasteiger partial charge on any atom is 0.333 e. The second-order valence-corrected chi connectivity index (χ2v) is 13.0. The SMILES string of the molecule is CCC(CC)O[C@@H](Cn1c(=O)n(C(C)(CC)C(=O)N2CCCCC2)c(=O)c2c(C)c(-n3nccn3)sc21)c1cc(F)ccc1OC. The van der Waals surface area contributed by atoms with Crippen LogP contribution in [0.25, 0.3) is 15.2 Å². The van der Waals surface area contributed by atoms with Crippen LogP contribution in [0.5, 0.6) is 5.75 Å². The van der Waals surface area contributed by atoms with Crippen LogP contribution >= 0.6 is 11.3 Å². The van der Waals surface area contributed by atoms with Crippen molar-refractivity contribution in [3.05, 3.63) is 68.4 Å². The molecule has 0 N–H and O–H groups in total. The summed E-state index contributed by atoms with van der Waals surface area (Å²) in [6.07, 6.45) is 6.46. The fraction of sp³-hybridized carbons (Fsp3) is 0.545. The predicted octanol–water partition coefficient (Wildman–Crippen LogP) is 5.35. The molecule has 0 aliphatic carbocycles. The van der Waals surface area contributed by atoms with Gasteiger partial charge >= 0.3 is 5.69 Å². The van der Waals surface area contributed by atoms with Gasteiger partial charge in [-0.25, -0.2) is 13.8 Å². The summed E-state index contributed by atoms with van der Waals surface area (Å²) in [6, 6.07) is 4.21. The number of nitrogens with zero attached hydrogens (tertiary/aromatic N) is 6. The average Bonchev–Trinajstić information content (AvgIpc) is 3.72. The molecule has 0 spiro atoms. The van der Waals surface area contributed by atoms with E-state index in [0.717, 1.165) is 23.8 Å². The number of halogens is 1. The summed E-state index contributed by atoms with van der Waals surface area (Å²) in [5.74, 6) is -0.308. The van der Waals surface area contributed by atoms with Crippen molar-refractivity contribution in [2.75, 3.05) is 20.2 Å². The molecule has 248 valence electrons. The molecule has 0 saturated carbocycles. The first kappa shape index (κ1) is 33.5. The van der Waals surface area contributed by atoms with E-state index in [1.54, 1.807) is 18.7 Å². The molecule has 13 heteroatoms. The van der Waals surface area contributed by atoms with Crippen LogP contribution in [0.15, 0.2) is 40.2 Å². The molecule has 1 aliphatic heterocycles. The minimum absolute atomic E-state index is 0.0600. The van der Waals surface area contributed by atoms with Gasteiger partial charge in [-0.05, 0) is 70.6 Å². The number of carbonyl (C=O) groups is 1. The summed E-state index contributed by atoms with van der Waals surface area (Å²) in [5.41, 5.74) is -1.59. The Morgan fingerprint density at radius 1 is 1.09 bits per heavy atom. The number of amides is 1. The minimum Gasteiger partial charge on any atom is -0.496 e. The Kier molecular flexibility index (Phi) is 10.1. The third-order valence-electron chi connectivity index (χ3n) is 9.23. The van der Waals surface area contributed by atoms with E-state index in [-0.39, 0.29) is 25.0 Å². The number of ether oxygens (including phenoxy) is 2. The molecule has 1 saturated heterocycles. The molecule has 46 heavy (non-hydrogen) atoms. The van der Waals surface area contributed by atoms with Gasteiger partial charge in [0.2, 0.25) is 5.91 Å². The van der Waals surface area contributed by atoms with Gasteiger partial charge in [-0.15, -0.1) is 4.80 Å². The van der Waals surface area contributed by atoms with Gasteiger partial charge in [-0.3, -0.25) is 14.2 Å². The number of hydrogen-bond donors (Lipinski definition) is 0. The Labute approximate surface area is 271 Å². The second-order valence-electron chi connectivity index (χ2n) is 12.0. The molecule has 1 unspecified atom stereocenters. The van der Waals surface area contributed by atoms with Crippen LogP contribution in [0, 0.1) is 12.7 Å². The van der Waals surface area contributed by atoms with Crippen molar-refractivity contribution in [1.29, 1.82) is 0 Å². The molecule has 4 aromatic rings. The number of fused-ring (bicyclic) bond motifs is 1. The van der Waals surface area contributed by atoms with Crippen molar-refractivity contribution in [1.82, 2.24) is 29.0 Å². The number of methoxy groups -OCH3 is 1. The Balaban J connectivity index is 1.80. The van der Waals surface area contributed by atoms with Crippen molar-refractivity contribution in [2.24, 2.45) is 0 Å². The van der Waals surface area contributed by atoms with E-state index in [2.05, 4.69) is 10.2 Å². The fourth-order valence-electron chi connectivity index (χ4n) is 6.34. The number of rotatable bonds is 12. The first-order chi connectivity index (χ1) is 22.1. The predicted molar refractivity (Wildman–Crippen MR) is 176 cm³/mol. The van der Waals surface area contributed by atoms with Crippen LogP contribution in [0.3, 0.4) is 0 Å². The van der Waals surface area contributed by atoms with Crippen LogP contribution in [0.4, 0.5) is 4.39 Å². The highest BCUT2D eigenvalue weighted by Crippen LogP contribution is 2.35. The standard InChI is InChI=1S/C33H43FN6O5S/c1-7-23(8-2)45-26(24-19-22(34)13-14-25(24)44-6)20-38-30-27(21(4)29(46-30)40-35-15-16-36-40)28(41)39(32(38)43)33(5,9-3)31(42)37-17-11-10-12-18-37/h13-16,19,23,26H,7-12,17-18,20H2,1-6H3/t26-,33?/m0/s1. The lowest BCUT2D eigenvalue weighted by atomic mass is 9.94. The van der Waals surface area contributed by atoms with E-state index < -0.39 is 28.7 Å².